The van der Waals surface area contributed by atoms with Crippen molar-refractivity contribution in [2.75, 3.05) is 0 Å². The minimum absolute atomic E-state index is 0.616. The van der Waals surface area contributed by atoms with Gasteiger partial charge in [0, 0.05) is 6.07 Å². The van der Waals surface area contributed by atoms with Gasteiger partial charge >= 0.3 is 0 Å². The van der Waals surface area contributed by atoms with Gasteiger partial charge in [-0.3, -0.25) is 0 Å². The summed E-state index contributed by atoms with van der Waals surface area (Å²) in [6.07, 6.45) is 1.67. The summed E-state index contributed by atoms with van der Waals surface area (Å²) in [5.74, 6) is 0.727. The fourth-order valence-corrected chi connectivity index (χ4v) is 3.20. The SMILES string of the molecule is [2H]C([2H])([2H])[n+]1c2n(c3cc4cccnn4c31)Cc1ccccc1-2. The van der Waals surface area contributed by atoms with Crippen LogP contribution in [0.25, 0.3) is 28.1 Å². The number of benzene rings is 1. The molecule has 0 bridgehead atoms. The van der Waals surface area contributed by atoms with Crippen molar-refractivity contribution in [3.8, 4) is 11.4 Å². The molecule has 4 heterocycles. The van der Waals surface area contributed by atoms with Crippen LogP contribution in [0.15, 0.2) is 48.7 Å². The van der Waals surface area contributed by atoms with Crippen molar-refractivity contribution in [3.63, 3.8) is 0 Å². The molecule has 0 saturated carbocycles. The van der Waals surface area contributed by atoms with E-state index in [9.17, 15) is 0 Å². The summed E-state index contributed by atoms with van der Waals surface area (Å²) >= 11 is 0. The molecule has 1 aliphatic rings. The van der Waals surface area contributed by atoms with Gasteiger partial charge in [0.25, 0.3) is 5.65 Å². The van der Waals surface area contributed by atoms with Gasteiger partial charge in [-0.15, -0.1) is 9.61 Å². The normalized spacial score (nSPS) is 15.9. The van der Waals surface area contributed by atoms with E-state index in [4.69, 9.17) is 4.11 Å². The molecular weight excluding hydrogens is 248 g/mol. The van der Waals surface area contributed by atoms with Crippen LogP contribution in [-0.4, -0.2) is 14.2 Å². The van der Waals surface area contributed by atoms with E-state index in [2.05, 4.69) is 9.67 Å². The van der Waals surface area contributed by atoms with E-state index in [1.807, 2.05) is 42.5 Å². The number of aryl methyl sites for hydroxylation is 1. The second-order valence-electron chi connectivity index (χ2n) is 5.12. The molecule has 0 radical (unpaired) electrons. The van der Waals surface area contributed by atoms with Crippen LogP contribution in [0, 0.1) is 0 Å². The summed E-state index contributed by atoms with van der Waals surface area (Å²) in [6.45, 7) is -1.59. The smallest absolute Gasteiger partial charge is 0.249 e. The minimum Gasteiger partial charge on any atom is -0.249 e. The Morgan fingerprint density at radius 2 is 2.20 bits per heavy atom. The van der Waals surface area contributed by atoms with E-state index in [0.29, 0.717) is 12.2 Å². The van der Waals surface area contributed by atoms with Crippen molar-refractivity contribution in [3.05, 3.63) is 54.2 Å². The number of aromatic nitrogens is 4. The molecule has 0 atom stereocenters. The lowest BCUT2D eigenvalue weighted by Gasteiger charge is -1.97. The summed E-state index contributed by atoms with van der Waals surface area (Å²) in [4.78, 5) is 0. The molecule has 20 heavy (non-hydrogen) atoms. The van der Waals surface area contributed by atoms with E-state index in [0.717, 1.165) is 28.0 Å². The van der Waals surface area contributed by atoms with Crippen LogP contribution in [-0.2, 0) is 13.5 Å². The standard InChI is InChI=1S/C16H13N4/c1-18-15-13-7-3-2-5-11(13)10-19(15)14-9-12-6-4-8-17-20(12)16(14)18/h2-9H,10H2,1H3/q+1/i1D3. The third-order valence-electron chi connectivity index (χ3n) is 4.05. The van der Waals surface area contributed by atoms with Crippen molar-refractivity contribution in [1.82, 2.24) is 14.2 Å². The zero-order valence-electron chi connectivity index (χ0n) is 13.6. The summed E-state index contributed by atoms with van der Waals surface area (Å²) < 4.78 is 29.3. The van der Waals surface area contributed by atoms with Gasteiger partial charge in [-0.05, 0) is 23.8 Å². The van der Waals surface area contributed by atoms with E-state index in [-0.39, 0.29) is 0 Å². The summed E-state index contributed by atoms with van der Waals surface area (Å²) in [5.41, 5.74) is 4.52. The van der Waals surface area contributed by atoms with Gasteiger partial charge in [0.15, 0.2) is 5.52 Å². The lowest BCUT2D eigenvalue weighted by atomic mass is 10.1. The van der Waals surface area contributed by atoms with Gasteiger partial charge in [-0.2, -0.15) is 0 Å². The zero-order chi connectivity index (χ0) is 15.8. The quantitative estimate of drug-likeness (QED) is 0.394. The molecule has 0 N–H and O–H groups in total. The zero-order valence-corrected chi connectivity index (χ0v) is 10.6. The molecule has 4 heteroatoms. The molecule has 0 saturated heterocycles. The lowest BCUT2D eigenvalue weighted by Crippen LogP contribution is -2.30. The van der Waals surface area contributed by atoms with E-state index in [1.54, 1.807) is 10.7 Å². The van der Waals surface area contributed by atoms with E-state index >= 15 is 0 Å². The van der Waals surface area contributed by atoms with Crippen molar-refractivity contribution < 1.29 is 8.68 Å². The van der Waals surface area contributed by atoms with Crippen LogP contribution in [0.2, 0.25) is 0 Å². The summed E-state index contributed by atoms with van der Waals surface area (Å²) in [5, 5.41) is 4.34. The molecule has 1 aliphatic heterocycles. The minimum atomic E-state index is -2.28. The van der Waals surface area contributed by atoms with E-state index < -0.39 is 6.98 Å². The van der Waals surface area contributed by atoms with Crippen molar-refractivity contribution in [1.29, 1.82) is 0 Å². The van der Waals surface area contributed by atoms with Crippen LogP contribution in [0.1, 0.15) is 9.68 Å². The highest BCUT2D eigenvalue weighted by molar-refractivity contribution is 5.83. The molecule has 1 aromatic carbocycles. The first-order chi connectivity index (χ1) is 11.1. The van der Waals surface area contributed by atoms with Gasteiger partial charge in [-0.25, -0.2) is 9.13 Å². The van der Waals surface area contributed by atoms with Crippen LogP contribution in [0.3, 0.4) is 0 Å². The molecule has 0 fully saturated rings. The fourth-order valence-electron chi connectivity index (χ4n) is 3.20. The van der Waals surface area contributed by atoms with Gasteiger partial charge < -0.3 is 0 Å². The fraction of sp³-hybridized carbons (Fsp3) is 0.125. The maximum Gasteiger partial charge on any atom is 0.292 e. The van der Waals surface area contributed by atoms with Crippen LogP contribution in [0.5, 0.6) is 0 Å². The van der Waals surface area contributed by atoms with Gasteiger partial charge in [0.2, 0.25) is 5.82 Å². The highest BCUT2D eigenvalue weighted by Gasteiger charge is 2.32. The van der Waals surface area contributed by atoms with Crippen LogP contribution in [0.4, 0.5) is 0 Å². The number of rotatable bonds is 0. The molecule has 3 aromatic heterocycles. The molecule has 96 valence electrons. The molecule has 4 nitrogen and oxygen atoms in total. The van der Waals surface area contributed by atoms with Crippen LogP contribution >= 0.6 is 0 Å². The van der Waals surface area contributed by atoms with Gasteiger partial charge in [-0.1, -0.05) is 18.2 Å². The Labute approximate surface area is 119 Å². The van der Waals surface area contributed by atoms with Gasteiger partial charge in [0.1, 0.15) is 5.52 Å². The predicted molar refractivity (Wildman–Crippen MR) is 76.4 cm³/mol. The van der Waals surface area contributed by atoms with Gasteiger partial charge in [0.05, 0.1) is 29.4 Å². The number of nitrogens with zero attached hydrogens (tertiary/aromatic N) is 4. The van der Waals surface area contributed by atoms with Crippen molar-refractivity contribution >= 4 is 16.7 Å². The molecule has 0 aliphatic carbocycles. The Bertz CT molecular complexity index is 1090. The molecular formula is C16H13N4+. The highest BCUT2D eigenvalue weighted by atomic mass is 15.3. The third-order valence-corrected chi connectivity index (χ3v) is 4.05. The first-order valence-corrected chi connectivity index (χ1v) is 6.55. The lowest BCUT2D eigenvalue weighted by molar-refractivity contribution is -0.636. The monoisotopic (exact) mass is 264 g/mol. The number of fused-ring (bicyclic) bond motifs is 7. The molecule has 0 unspecified atom stereocenters. The number of imidazole rings is 1. The topological polar surface area (TPSA) is 26.1 Å². The average Bonchev–Trinajstić information content (AvgIpc) is 3.13. The Kier molecular flexibility index (Phi) is 1.29. The Morgan fingerprint density at radius 1 is 1.25 bits per heavy atom. The Morgan fingerprint density at radius 3 is 3.15 bits per heavy atom. The maximum atomic E-state index is 8.04. The molecule has 0 amide bonds. The average molecular weight is 264 g/mol. The first kappa shape index (κ1) is 7.85. The van der Waals surface area contributed by atoms with Crippen molar-refractivity contribution in [2.45, 2.75) is 6.54 Å². The molecule has 0 spiro atoms. The Balaban J connectivity index is 2.01. The molecule has 5 rings (SSSR count). The second-order valence-corrected chi connectivity index (χ2v) is 5.12. The summed E-state index contributed by atoms with van der Waals surface area (Å²) in [6, 6.07) is 13.8. The highest BCUT2D eigenvalue weighted by Crippen LogP contribution is 2.33. The predicted octanol–water partition coefficient (Wildman–Crippen LogP) is 2.14. The largest absolute Gasteiger partial charge is 0.292 e. The summed E-state index contributed by atoms with van der Waals surface area (Å²) in [7, 11) is 0. The number of hydrogen-bond acceptors (Lipinski definition) is 1. The maximum absolute atomic E-state index is 8.04. The second kappa shape index (κ2) is 3.28. The molecule has 4 aromatic rings. The van der Waals surface area contributed by atoms with Crippen molar-refractivity contribution in [2.24, 2.45) is 6.98 Å². The first-order valence-electron chi connectivity index (χ1n) is 8.05. The number of hydrogen-bond donors (Lipinski definition) is 0. The Hall–Kier alpha value is -2.62. The third kappa shape index (κ3) is 1.04. The van der Waals surface area contributed by atoms with Crippen LogP contribution < -0.4 is 4.57 Å². The van der Waals surface area contributed by atoms with E-state index in [1.165, 1.54) is 4.57 Å².